The van der Waals surface area contributed by atoms with E-state index in [1.165, 1.54) is 53.4 Å². The lowest BCUT2D eigenvalue weighted by molar-refractivity contribution is -0.139. The number of aliphatic carboxylic acids is 3. The van der Waals surface area contributed by atoms with Gasteiger partial charge in [0.2, 0.25) is 0 Å². The Kier molecular flexibility index (Phi) is 11.2. The predicted octanol–water partition coefficient (Wildman–Crippen LogP) is 1.18. The van der Waals surface area contributed by atoms with Crippen LogP contribution in [0.3, 0.4) is 0 Å². The highest BCUT2D eigenvalue weighted by Crippen LogP contribution is 2.14. The molecule has 0 aliphatic heterocycles. The van der Waals surface area contributed by atoms with Crippen molar-refractivity contribution in [1.82, 2.24) is 4.57 Å². The van der Waals surface area contributed by atoms with Crippen LogP contribution in [0.25, 0.3) is 0 Å². The summed E-state index contributed by atoms with van der Waals surface area (Å²) in [4.78, 5) is 41.5. The van der Waals surface area contributed by atoms with Crippen molar-refractivity contribution in [1.29, 1.82) is 0 Å². The van der Waals surface area contributed by atoms with Gasteiger partial charge in [-0.3, -0.25) is 19.2 Å². The summed E-state index contributed by atoms with van der Waals surface area (Å²) in [5, 5.41) is 34.3. The third-order valence-electron chi connectivity index (χ3n) is 4.12. The Morgan fingerprint density at radius 1 is 0.735 bits per heavy atom. The molecular weight excluding hydrogens is 446 g/mol. The number of nitrogens with zero attached hydrogens (tertiary/aromatic N) is 1. The van der Waals surface area contributed by atoms with Crippen molar-refractivity contribution in [2.75, 3.05) is 0 Å². The molecule has 0 saturated heterocycles. The maximum atomic E-state index is 10.5. The van der Waals surface area contributed by atoms with Gasteiger partial charge in [-0.05, 0) is 23.3 Å². The summed E-state index contributed by atoms with van der Waals surface area (Å²) in [6.07, 6.45) is 2.88. The van der Waals surface area contributed by atoms with E-state index in [-0.39, 0.29) is 17.7 Å². The number of aromatic nitrogens is 1. The van der Waals surface area contributed by atoms with Crippen LogP contribution in [0.1, 0.15) is 23.2 Å². The van der Waals surface area contributed by atoms with Crippen LogP contribution in [0.15, 0.2) is 83.9 Å². The van der Waals surface area contributed by atoms with Gasteiger partial charge in [-0.25, -0.2) is 0 Å². The van der Waals surface area contributed by atoms with Crippen molar-refractivity contribution < 1.29 is 34.8 Å². The highest BCUT2D eigenvalue weighted by atomic mass is 16.4. The van der Waals surface area contributed by atoms with Crippen molar-refractivity contribution in [3.05, 3.63) is 100 Å². The Bertz CT molecular complexity index is 1110. The van der Waals surface area contributed by atoms with Gasteiger partial charge < -0.3 is 36.5 Å². The summed E-state index contributed by atoms with van der Waals surface area (Å²) < 4.78 is 1.42. The Labute approximate surface area is 194 Å². The van der Waals surface area contributed by atoms with Crippen LogP contribution in [0.4, 0.5) is 0 Å². The van der Waals surface area contributed by atoms with E-state index in [0.717, 1.165) is 0 Å². The minimum atomic E-state index is -1.08. The molecule has 2 aromatic carbocycles. The molecule has 180 valence electrons. The zero-order valence-corrected chi connectivity index (χ0v) is 17.9. The Balaban J connectivity index is 0.000000255. The fraction of sp³-hybridized carbons (Fsp3) is 0.130. The number of rotatable bonds is 6. The van der Waals surface area contributed by atoms with E-state index in [1.807, 2.05) is 6.07 Å². The molecule has 1 heterocycles. The quantitative estimate of drug-likeness (QED) is 0.302. The van der Waals surface area contributed by atoms with Crippen molar-refractivity contribution in [3.8, 4) is 5.75 Å². The summed E-state index contributed by atoms with van der Waals surface area (Å²) in [6, 6.07) is 15.2. The van der Waals surface area contributed by atoms with E-state index in [4.69, 9.17) is 31.9 Å². The van der Waals surface area contributed by atoms with E-state index in [0.29, 0.717) is 11.1 Å². The standard InChI is InChI=1S/C8H9NO3.C8H9NO2.C7H7NO3/c9-7(8(11)12)5-1-3-6(10)4-2-5;9-7(8(10)11)6-4-2-1-3-5-6;9-6-1-3-8(4-2-6)5-7(10)11/h1-4,7,10H,9H2,(H,11,12);1-5,7H,9H2,(H,10,11);1-4H,5H2,(H,10,11)/t2*7-;/m11./s1. The zero-order chi connectivity index (χ0) is 25.7. The van der Waals surface area contributed by atoms with Crippen molar-refractivity contribution in [2.45, 2.75) is 18.6 Å². The second-order valence-electron chi connectivity index (χ2n) is 6.73. The van der Waals surface area contributed by atoms with Crippen LogP contribution in [-0.2, 0) is 20.9 Å². The Morgan fingerprint density at radius 3 is 1.59 bits per heavy atom. The number of aromatic hydroxyl groups is 1. The smallest absolute Gasteiger partial charge is 0.325 e. The van der Waals surface area contributed by atoms with Crippen LogP contribution in [0.2, 0.25) is 0 Å². The molecule has 0 unspecified atom stereocenters. The van der Waals surface area contributed by atoms with Crippen molar-refractivity contribution in [3.63, 3.8) is 0 Å². The van der Waals surface area contributed by atoms with Gasteiger partial charge in [-0.1, -0.05) is 42.5 Å². The van der Waals surface area contributed by atoms with E-state index in [9.17, 15) is 19.2 Å². The number of benzene rings is 2. The molecule has 11 nitrogen and oxygen atoms in total. The van der Waals surface area contributed by atoms with Gasteiger partial charge in [0.1, 0.15) is 24.4 Å². The number of hydrogen-bond donors (Lipinski definition) is 6. The molecule has 2 atom stereocenters. The average Bonchev–Trinajstić information content (AvgIpc) is 2.81. The maximum absolute atomic E-state index is 10.5. The molecule has 0 bridgehead atoms. The lowest BCUT2D eigenvalue weighted by Gasteiger charge is -2.05. The second kappa shape index (κ2) is 13.8. The van der Waals surface area contributed by atoms with Gasteiger partial charge in [0.25, 0.3) is 0 Å². The lowest BCUT2D eigenvalue weighted by atomic mass is 10.1. The summed E-state index contributed by atoms with van der Waals surface area (Å²) >= 11 is 0. The number of phenols is 1. The molecule has 1 aromatic heterocycles. The lowest BCUT2D eigenvalue weighted by Crippen LogP contribution is -2.20. The van der Waals surface area contributed by atoms with E-state index in [1.54, 1.807) is 24.3 Å². The second-order valence-corrected chi connectivity index (χ2v) is 6.73. The third kappa shape index (κ3) is 10.2. The first-order valence-electron chi connectivity index (χ1n) is 9.69. The molecule has 0 aliphatic rings. The number of carboxylic acid groups (broad SMARTS) is 3. The fourth-order valence-electron chi connectivity index (χ4n) is 2.33. The van der Waals surface area contributed by atoms with Crippen LogP contribution < -0.4 is 16.9 Å². The number of nitrogens with two attached hydrogens (primary N) is 2. The molecule has 0 radical (unpaired) electrons. The molecule has 0 aliphatic carbocycles. The maximum Gasteiger partial charge on any atom is 0.325 e. The van der Waals surface area contributed by atoms with Gasteiger partial charge in [0, 0.05) is 24.5 Å². The molecule has 34 heavy (non-hydrogen) atoms. The first-order chi connectivity index (χ1) is 16.0. The molecule has 11 heteroatoms. The summed E-state index contributed by atoms with van der Waals surface area (Å²) in [5.74, 6) is -2.91. The minimum Gasteiger partial charge on any atom is -0.508 e. The van der Waals surface area contributed by atoms with Gasteiger partial charge in [0.05, 0.1) is 0 Å². The first kappa shape index (κ1) is 27.6. The SMILES string of the molecule is N[C@@H](C(=O)O)c1ccc(O)cc1.N[C@@H](C(=O)O)c1ccccc1.O=C(O)Cn1ccc(=O)cc1. The van der Waals surface area contributed by atoms with E-state index >= 15 is 0 Å². The van der Waals surface area contributed by atoms with Crippen LogP contribution in [-0.4, -0.2) is 42.9 Å². The molecule has 0 fully saturated rings. The minimum absolute atomic E-state index is 0.0938. The molecule has 0 saturated carbocycles. The highest BCUT2D eigenvalue weighted by Gasteiger charge is 2.13. The van der Waals surface area contributed by atoms with Crippen LogP contribution in [0, 0.1) is 0 Å². The molecule has 3 rings (SSSR count). The Morgan fingerprint density at radius 2 is 1.18 bits per heavy atom. The van der Waals surface area contributed by atoms with Crippen molar-refractivity contribution in [2.24, 2.45) is 11.5 Å². The summed E-state index contributed by atoms with van der Waals surface area (Å²) in [5.41, 5.74) is 11.6. The number of phenolic OH excluding ortho intramolecular Hbond substituents is 1. The van der Waals surface area contributed by atoms with Gasteiger partial charge >= 0.3 is 17.9 Å². The summed E-state index contributed by atoms with van der Waals surface area (Å²) in [7, 11) is 0. The van der Waals surface area contributed by atoms with Gasteiger partial charge in [0.15, 0.2) is 5.43 Å². The number of hydrogen-bond acceptors (Lipinski definition) is 7. The topological polar surface area (TPSA) is 206 Å². The summed E-state index contributed by atoms with van der Waals surface area (Å²) in [6.45, 7) is -0.111. The first-order valence-corrected chi connectivity index (χ1v) is 9.69. The molecule has 0 amide bonds. The predicted molar refractivity (Wildman–Crippen MR) is 122 cm³/mol. The number of carbonyl (C=O) groups is 3. The normalized spacial score (nSPS) is 11.5. The molecule has 0 spiro atoms. The number of pyridine rings is 1. The molecular formula is C23H25N3O8. The zero-order valence-electron chi connectivity index (χ0n) is 17.9. The monoisotopic (exact) mass is 471 g/mol. The average molecular weight is 471 g/mol. The van der Waals surface area contributed by atoms with Crippen molar-refractivity contribution >= 4 is 17.9 Å². The fourth-order valence-corrected chi connectivity index (χ4v) is 2.33. The van der Waals surface area contributed by atoms with E-state index < -0.39 is 30.0 Å². The highest BCUT2D eigenvalue weighted by molar-refractivity contribution is 5.75. The van der Waals surface area contributed by atoms with Crippen LogP contribution >= 0.6 is 0 Å². The third-order valence-corrected chi connectivity index (χ3v) is 4.12. The van der Waals surface area contributed by atoms with Gasteiger partial charge in [-0.15, -0.1) is 0 Å². The number of carboxylic acids is 3. The largest absolute Gasteiger partial charge is 0.508 e. The molecule has 3 aromatic rings. The van der Waals surface area contributed by atoms with E-state index in [2.05, 4.69) is 0 Å². The van der Waals surface area contributed by atoms with Gasteiger partial charge in [-0.2, -0.15) is 0 Å². The Hall–Kier alpha value is -4.48. The molecule has 8 N–H and O–H groups in total. The van der Waals surface area contributed by atoms with Crippen LogP contribution in [0.5, 0.6) is 5.75 Å².